The van der Waals surface area contributed by atoms with E-state index in [0.29, 0.717) is 23.1 Å². The van der Waals surface area contributed by atoms with Crippen LogP contribution >= 0.6 is 23.2 Å². The fraction of sp³-hybridized carbons (Fsp3) is 0.357. The molecule has 2 aromatic rings. The molecule has 110 valence electrons. The van der Waals surface area contributed by atoms with Gasteiger partial charge < -0.3 is 4.90 Å². The van der Waals surface area contributed by atoms with E-state index in [1.807, 2.05) is 13.0 Å². The quantitative estimate of drug-likeness (QED) is 0.853. The molecule has 0 bridgehead atoms. The molecule has 5 nitrogen and oxygen atoms in total. The first-order chi connectivity index (χ1) is 10.1. The zero-order valence-corrected chi connectivity index (χ0v) is 13.0. The number of aromatic nitrogens is 3. The van der Waals surface area contributed by atoms with Crippen LogP contribution in [0, 0.1) is 0 Å². The monoisotopic (exact) mass is 324 g/mol. The summed E-state index contributed by atoms with van der Waals surface area (Å²) in [6.07, 6.45) is 3.73. The van der Waals surface area contributed by atoms with Crippen LogP contribution in [-0.4, -0.2) is 32.1 Å². The van der Waals surface area contributed by atoms with E-state index in [4.69, 9.17) is 23.2 Å². The fourth-order valence-electron chi connectivity index (χ4n) is 2.57. The minimum Gasteiger partial charge on any atom is -0.336 e. The largest absolute Gasteiger partial charge is 0.336 e. The summed E-state index contributed by atoms with van der Waals surface area (Å²) in [5.74, 6) is 0.0113. The van der Waals surface area contributed by atoms with Gasteiger partial charge in [0.05, 0.1) is 0 Å². The molecule has 7 heteroatoms. The Labute approximate surface area is 132 Å². The Balaban J connectivity index is 1.81. The van der Waals surface area contributed by atoms with Crippen LogP contribution in [0.15, 0.2) is 24.8 Å². The smallest absolute Gasteiger partial charge is 0.247 e. The number of rotatable bonds is 2. The van der Waals surface area contributed by atoms with Crippen molar-refractivity contribution in [3.05, 3.63) is 46.0 Å². The third-order valence-electron chi connectivity index (χ3n) is 3.76. The van der Waals surface area contributed by atoms with Crippen molar-refractivity contribution < 1.29 is 4.79 Å². The first-order valence-electron chi connectivity index (χ1n) is 6.66. The van der Waals surface area contributed by atoms with Crippen LogP contribution in [0.4, 0.5) is 0 Å². The van der Waals surface area contributed by atoms with Gasteiger partial charge in [-0.3, -0.25) is 4.79 Å². The van der Waals surface area contributed by atoms with Crippen LogP contribution in [0.25, 0.3) is 0 Å². The highest BCUT2D eigenvalue weighted by molar-refractivity contribution is 6.35. The van der Waals surface area contributed by atoms with Gasteiger partial charge in [-0.15, -0.1) is 0 Å². The molecule has 1 aromatic heterocycles. The summed E-state index contributed by atoms with van der Waals surface area (Å²) in [5.41, 5.74) is 2.09. The molecule has 0 radical (unpaired) electrons. The zero-order chi connectivity index (χ0) is 15.0. The first-order valence-corrected chi connectivity index (χ1v) is 7.41. The molecular weight excluding hydrogens is 311 g/mol. The molecule has 21 heavy (non-hydrogen) atoms. The summed E-state index contributed by atoms with van der Waals surface area (Å²) in [7, 11) is 0. The van der Waals surface area contributed by atoms with Crippen molar-refractivity contribution in [2.75, 3.05) is 6.54 Å². The van der Waals surface area contributed by atoms with Crippen molar-refractivity contribution in [3.8, 4) is 0 Å². The highest BCUT2D eigenvalue weighted by atomic mass is 35.5. The molecule has 0 saturated carbocycles. The molecule has 3 rings (SSSR count). The van der Waals surface area contributed by atoms with Crippen LogP contribution in [-0.2, 0) is 17.8 Å². The Bertz CT molecular complexity index is 672. The molecule has 0 fully saturated rings. The second-order valence-corrected chi connectivity index (χ2v) is 5.93. The van der Waals surface area contributed by atoms with Crippen molar-refractivity contribution in [1.82, 2.24) is 19.7 Å². The standard InChI is InChI=1S/C14H14Cl2N4O/c1-9(20-8-17-7-18-20)14(21)19-3-2-10-4-11(15)5-13(16)12(10)6-19/h4-5,7-9H,2-3,6H2,1H3. The van der Waals surface area contributed by atoms with Crippen LogP contribution in [0.2, 0.25) is 10.0 Å². The van der Waals surface area contributed by atoms with Gasteiger partial charge in [-0.1, -0.05) is 23.2 Å². The topological polar surface area (TPSA) is 51.0 Å². The maximum atomic E-state index is 12.6. The summed E-state index contributed by atoms with van der Waals surface area (Å²) < 4.78 is 1.56. The molecule has 2 heterocycles. The second kappa shape index (κ2) is 5.66. The summed E-state index contributed by atoms with van der Waals surface area (Å²) in [6, 6.07) is 3.27. The Morgan fingerprint density at radius 3 is 2.90 bits per heavy atom. The van der Waals surface area contributed by atoms with Crippen LogP contribution < -0.4 is 0 Å². The van der Waals surface area contributed by atoms with E-state index < -0.39 is 0 Å². The normalized spacial score (nSPS) is 15.7. The van der Waals surface area contributed by atoms with E-state index in [9.17, 15) is 4.79 Å². The Hall–Kier alpha value is -1.59. The molecule has 1 aliphatic heterocycles. The highest BCUT2D eigenvalue weighted by Gasteiger charge is 2.27. The van der Waals surface area contributed by atoms with Crippen LogP contribution in [0.1, 0.15) is 24.1 Å². The molecule has 1 amide bonds. The lowest BCUT2D eigenvalue weighted by molar-refractivity contribution is -0.135. The van der Waals surface area contributed by atoms with Crippen molar-refractivity contribution in [2.24, 2.45) is 0 Å². The van der Waals surface area contributed by atoms with Gasteiger partial charge in [0, 0.05) is 23.1 Å². The number of carbonyl (C=O) groups excluding carboxylic acids is 1. The SMILES string of the molecule is CC(C(=O)N1CCc2cc(Cl)cc(Cl)c2C1)n1cncn1. The van der Waals surface area contributed by atoms with E-state index >= 15 is 0 Å². The number of halogens is 2. The number of amides is 1. The van der Waals surface area contributed by atoms with Gasteiger partial charge >= 0.3 is 0 Å². The molecule has 1 atom stereocenters. The van der Waals surface area contributed by atoms with E-state index in [1.54, 1.807) is 22.0 Å². The van der Waals surface area contributed by atoms with Crippen molar-refractivity contribution >= 4 is 29.1 Å². The predicted octanol–water partition coefficient (Wildman–Crippen LogP) is 2.73. The van der Waals surface area contributed by atoms with E-state index in [1.165, 1.54) is 6.33 Å². The first kappa shape index (κ1) is 14.4. The molecule has 0 N–H and O–H groups in total. The fourth-order valence-corrected chi connectivity index (χ4v) is 3.16. The van der Waals surface area contributed by atoms with E-state index in [0.717, 1.165) is 17.5 Å². The minimum atomic E-state index is -0.375. The molecule has 0 spiro atoms. The van der Waals surface area contributed by atoms with Crippen LogP contribution in [0.3, 0.4) is 0 Å². The average molecular weight is 325 g/mol. The maximum absolute atomic E-state index is 12.6. The van der Waals surface area contributed by atoms with Gasteiger partial charge in [0.15, 0.2) is 0 Å². The highest BCUT2D eigenvalue weighted by Crippen LogP contribution is 2.30. The third-order valence-corrected chi connectivity index (χ3v) is 4.31. The Morgan fingerprint density at radius 2 is 2.19 bits per heavy atom. The number of fused-ring (bicyclic) bond motifs is 1. The van der Waals surface area contributed by atoms with E-state index in [-0.39, 0.29) is 11.9 Å². The van der Waals surface area contributed by atoms with Gasteiger partial charge in [-0.2, -0.15) is 5.10 Å². The molecular formula is C14H14Cl2N4O. The Morgan fingerprint density at radius 1 is 1.38 bits per heavy atom. The van der Waals surface area contributed by atoms with Crippen molar-refractivity contribution in [2.45, 2.75) is 25.9 Å². The average Bonchev–Trinajstić information content (AvgIpc) is 2.99. The number of carbonyl (C=O) groups is 1. The molecule has 0 aliphatic carbocycles. The number of benzene rings is 1. The summed E-state index contributed by atoms with van der Waals surface area (Å²) in [6.45, 7) is 2.97. The Kier molecular flexibility index (Phi) is 3.87. The second-order valence-electron chi connectivity index (χ2n) is 5.09. The minimum absolute atomic E-state index is 0.0113. The van der Waals surface area contributed by atoms with Gasteiger partial charge in [0.1, 0.15) is 18.7 Å². The summed E-state index contributed by atoms with van der Waals surface area (Å²) >= 11 is 12.3. The zero-order valence-electron chi connectivity index (χ0n) is 11.5. The number of nitrogens with zero attached hydrogens (tertiary/aromatic N) is 4. The van der Waals surface area contributed by atoms with Gasteiger partial charge in [0.25, 0.3) is 0 Å². The summed E-state index contributed by atoms with van der Waals surface area (Å²) in [4.78, 5) is 18.2. The number of hydrogen-bond donors (Lipinski definition) is 0. The van der Waals surface area contributed by atoms with Gasteiger partial charge in [-0.05, 0) is 36.6 Å². The molecule has 0 saturated heterocycles. The van der Waals surface area contributed by atoms with Crippen molar-refractivity contribution in [3.63, 3.8) is 0 Å². The molecule has 1 unspecified atom stereocenters. The lowest BCUT2D eigenvalue weighted by Gasteiger charge is -2.31. The number of hydrogen-bond acceptors (Lipinski definition) is 3. The molecule has 1 aromatic carbocycles. The van der Waals surface area contributed by atoms with Gasteiger partial charge in [-0.25, -0.2) is 9.67 Å². The third kappa shape index (κ3) is 2.76. The lowest BCUT2D eigenvalue weighted by atomic mass is 9.99. The summed E-state index contributed by atoms with van der Waals surface area (Å²) in [5, 5.41) is 5.27. The van der Waals surface area contributed by atoms with E-state index in [2.05, 4.69) is 10.1 Å². The predicted molar refractivity (Wildman–Crippen MR) is 80.3 cm³/mol. The maximum Gasteiger partial charge on any atom is 0.247 e. The van der Waals surface area contributed by atoms with Crippen LogP contribution in [0.5, 0.6) is 0 Å². The van der Waals surface area contributed by atoms with Gasteiger partial charge in [0.2, 0.25) is 5.91 Å². The molecule has 1 aliphatic rings. The lowest BCUT2D eigenvalue weighted by Crippen LogP contribution is -2.40. The van der Waals surface area contributed by atoms with Crippen molar-refractivity contribution in [1.29, 1.82) is 0 Å².